The predicted molar refractivity (Wildman–Crippen MR) is 98.0 cm³/mol. The van der Waals surface area contributed by atoms with Crippen molar-refractivity contribution in [1.82, 2.24) is 10.6 Å². The monoisotopic (exact) mass is 393 g/mol. The Balaban J connectivity index is 1.39. The zero-order valence-corrected chi connectivity index (χ0v) is 15.5. The van der Waals surface area contributed by atoms with E-state index in [1.807, 2.05) is 0 Å². The molecule has 26 heavy (non-hydrogen) atoms. The third-order valence-corrected chi connectivity index (χ3v) is 6.68. The van der Waals surface area contributed by atoms with Crippen LogP contribution in [-0.4, -0.2) is 32.5 Å². The zero-order chi connectivity index (χ0) is 18.3. The molecule has 1 amide bonds. The van der Waals surface area contributed by atoms with Crippen molar-refractivity contribution < 1.29 is 17.9 Å². The van der Waals surface area contributed by atoms with Crippen LogP contribution in [0, 0.1) is 0 Å². The summed E-state index contributed by atoms with van der Waals surface area (Å²) in [5, 5.41) is 12.2. The molecule has 9 heteroatoms. The minimum atomic E-state index is -3.73. The molecule has 2 bridgehead atoms. The smallest absolute Gasteiger partial charge is 0.261 e. The van der Waals surface area contributed by atoms with Crippen molar-refractivity contribution in [3.05, 3.63) is 41.3 Å². The first-order valence-electron chi connectivity index (χ1n) is 8.36. The largest absolute Gasteiger partial charge is 0.447 e. The van der Waals surface area contributed by atoms with Crippen molar-refractivity contribution in [3.63, 3.8) is 0 Å². The van der Waals surface area contributed by atoms with Crippen LogP contribution in [0.5, 0.6) is 10.8 Å². The quantitative estimate of drug-likeness (QED) is 0.718. The lowest BCUT2D eigenvalue weighted by Gasteiger charge is -2.20. The van der Waals surface area contributed by atoms with Crippen molar-refractivity contribution in [1.29, 1.82) is 0 Å². The van der Waals surface area contributed by atoms with E-state index in [-0.39, 0.29) is 16.8 Å². The molecular formula is C17H19N3O4S2. The maximum Gasteiger partial charge on any atom is 0.261 e. The highest BCUT2D eigenvalue weighted by molar-refractivity contribution is 7.89. The summed E-state index contributed by atoms with van der Waals surface area (Å²) in [4.78, 5) is 13.0. The minimum Gasteiger partial charge on any atom is -0.447 e. The standard InChI is InChI=1S/C17H19N3O4S2/c18-26(22,23)12-4-2-11(3-5-12)24-16-8-7-15(25-16)17(21)20-14-9-10-1-6-13(14)19-10/h2-5,7-8,10,13-14,19H,1,6,9H2,(H,20,21)(H2,18,22,23)/t10-,13+,14-/m1/s1. The van der Waals surface area contributed by atoms with E-state index >= 15 is 0 Å². The molecule has 2 aromatic rings. The Morgan fingerprint density at radius 1 is 1.19 bits per heavy atom. The molecule has 4 N–H and O–H groups in total. The summed E-state index contributed by atoms with van der Waals surface area (Å²) in [7, 11) is -3.73. The molecule has 3 heterocycles. The van der Waals surface area contributed by atoms with Crippen molar-refractivity contribution in [2.45, 2.75) is 42.3 Å². The molecule has 0 aliphatic carbocycles. The lowest BCUT2D eigenvalue weighted by molar-refractivity contribution is 0.0935. The van der Waals surface area contributed by atoms with Gasteiger partial charge in [0, 0.05) is 18.1 Å². The third kappa shape index (κ3) is 3.61. The van der Waals surface area contributed by atoms with Gasteiger partial charge in [0.05, 0.1) is 9.77 Å². The summed E-state index contributed by atoms with van der Waals surface area (Å²) in [5.74, 6) is 0.386. The molecular weight excluding hydrogens is 374 g/mol. The fourth-order valence-electron chi connectivity index (χ4n) is 3.53. The van der Waals surface area contributed by atoms with Crippen LogP contribution in [0.2, 0.25) is 0 Å². The fourth-order valence-corrected chi connectivity index (χ4v) is 4.83. The number of thiophene rings is 1. The second kappa shape index (κ2) is 6.66. The van der Waals surface area contributed by atoms with Crippen molar-refractivity contribution in [3.8, 4) is 10.8 Å². The van der Waals surface area contributed by atoms with Gasteiger partial charge in [-0.1, -0.05) is 11.3 Å². The van der Waals surface area contributed by atoms with Crippen LogP contribution in [0.15, 0.2) is 41.3 Å². The maximum atomic E-state index is 12.4. The Morgan fingerprint density at radius 3 is 2.58 bits per heavy atom. The number of primary sulfonamides is 1. The Kier molecular flexibility index (Phi) is 4.47. The number of hydrogen-bond acceptors (Lipinski definition) is 6. The van der Waals surface area contributed by atoms with Gasteiger partial charge >= 0.3 is 0 Å². The first kappa shape index (κ1) is 17.5. The van der Waals surface area contributed by atoms with Crippen LogP contribution in [0.1, 0.15) is 28.9 Å². The second-order valence-electron chi connectivity index (χ2n) is 6.60. The molecule has 1 aromatic carbocycles. The number of ether oxygens (including phenoxy) is 1. The highest BCUT2D eigenvalue weighted by Crippen LogP contribution is 2.31. The molecule has 4 rings (SSSR count). The van der Waals surface area contributed by atoms with E-state index in [9.17, 15) is 13.2 Å². The molecule has 1 aromatic heterocycles. The van der Waals surface area contributed by atoms with Gasteiger partial charge in [0.2, 0.25) is 10.0 Å². The highest BCUT2D eigenvalue weighted by atomic mass is 32.2. The molecule has 3 atom stereocenters. The average Bonchev–Trinajstić information content (AvgIpc) is 3.31. The summed E-state index contributed by atoms with van der Waals surface area (Å²) in [5.41, 5.74) is 0. The highest BCUT2D eigenvalue weighted by Gasteiger charge is 2.39. The van der Waals surface area contributed by atoms with Crippen LogP contribution in [-0.2, 0) is 10.0 Å². The van der Waals surface area contributed by atoms with Gasteiger partial charge in [0.25, 0.3) is 5.91 Å². The van der Waals surface area contributed by atoms with Crippen molar-refractivity contribution in [2.75, 3.05) is 0 Å². The lowest BCUT2D eigenvalue weighted by atomic mass is 9.95. The Morgan fingerprint density at radius 2 is 1.96 bits per heavy atom. The van der Waals surface area contributed by atoms with E-state index in [1.54, 1.807) is 12.1 Å². The van der Waals surface area contributed by atoms with Gasteiger partial charge in [-0.05, 0) is 55.7 Å². The van der Waals surface area contributed by atoms with Gasteiger partial charge in [-0.15, -0.1) is 0 Å². The molecule has 0 radical (unpaired) electrons. The molecule has 0 spiro atoms. The maximum absolute atomic E-state index is 12.4. The van der Waals surface area contributed by atoms with Gasteiger partial charge in [-0.3, -0.25) is 4.79 Å². The number of amides is 1. The predicted octanol–water partition coefficient (Wildman–Crippen LogP) is 1.81. The summed E-state index contributed by atoms with van der Waals surface area (Å²) in [6, 6.07) is 10.4. The van der Waals surface area contributed by atoms with Crippen LogP contribution >= 0.6 is 11.3 Å². The van der Waals surface area contributed by atoms with Gasteiger partial charge in [-0.2, -0.15) is 0 Å². The average molecular weight is 393 g/mol. The summed E-state index contributed by atoms with van der Waals surface area (Å²) in [6.07, 6.45) is 3.29. The Bertz CT molecular complexity index is 924. The van der Waals surface area contributed by atoms with Crippen LogP contribution in [0.25, 0.3) is 0 Å². The molecule has 0 unspecified atom stereocenters. The van der Waals surface area contributed by atoms with Crippen molar-refractivity contribution in [2.24, 2.45) is 5.14 Å². The van der Waals surface area contributed by atoms with Crippen LogP contribution < -0.4 is 20.5 Å². The minimum absolute atomic E-state index is 0.0237. The number of carbonyl (C=O) groups excluding carboxylic acids is 1. The molecule has 2 fully saturated rings. The number of benzene rings is 1. The fraction of sp³-hybridized carbons (Fsp3) is 0.353. The van der Waals surface area contributed by atoms with Crippen LogP contribution in [0.3, 0.4) is 0 Å². The van der Waals surface area contributed by atoms with Gasteiger partial charge in [0.15, 0.2) is 5.06 Å². The van der Waals surface area contributed by atoms with E-state index in [2.05, 4.69) is 10.6 Å². The van der Waals surface area contributed by atoms with E-state index in [0.29, 0.717) is 27.8 Å². The Labute approximate surface area is 155 Å². The van der Waals surface area contributed by atoms with E-state index in [0.717, 1.165) is 12.8 Å². The van der Waals surface area contributed by atoms with Crippen molar-refractivity contribution >= 4 is 27.3 Å². The number of nitrogens with two attached hydrogens (primary N) is 1. The molecule has 2 saturated heterocycles. The SMILES string of the molecule is NS(=O)(=O)c1ccc(Oc2ccc(C(=O)N[C@@H]3C[C@H]4CC[C@@H]3N4)s2)cc1. The first-order chi connectivity index (χ1) is 12.4. The van der Waals surface area contributed by atoms with E-state index in [4.69, 9.17) is 9.88 Å². The molecule has 0 saturated carbocycles. The summed E-state index contributed by atoms with van der Waals surface area (Å²) >= 11 is 1.25. The molecule has 7 nitrogen and oxygen atoms in total. The Hall–Kier alpha value is -1.94. The van der Waals surface area contributed by atoms with Gasteiger partial charge in [-0.25, -0.2) is 13.6 Å². The normalized spacial score (nSPS) is 24.6. The topological polar surface area (TPSA) is 111 Å². The third-order valence-electron chi connectivity index (χ3n) is 4.79. The number of sulfonamides is 1. The lowest BCUT2D eigenvalue weighted by Crippen LogP contribution is -2.42. The van der Waals surface area contributed by atoms with E-state index in [1.165, 1.54) is 42.0 Å². The number of nitrogens with one attached hydrogen (secondary N) is 2. The molecule has 2 aliphatic rings. The molecule has 138 valence electrons. The number of hydrogen-bond donors (Lipinski definition) is 3. The van der Waals surface area contributed by atoms with E-state index < -0.39 is 10.0 Å². The van der Waals surface area contributed by atoms with Crippen LogP contribution in [0.4, 0.5) is 0 Å². The summed E-state index contributed by atoms with van der Waals surface area (Å²) in [6.45, 7) is 0. The summed E-state index contributed by atoms with van der Waals surface area (Å²) < 4.78 is 28.2. The number of fused-ring (bicyclic) bond motifs is 2. The zero-order valence-electron chi connectivity index (χ0n) is 13.8. The molecule has 2 aliphatic heterocycles. The second-order valence-corrected chi connectivity index (χ2v) is 9.21. The number of rotatable bonds is 5. The van der Waals surface area contributed by atoms with Gasteiger partial charge in [0.1, 0.15) is 5.75 Å². The first-order valence-corrected chi connectivity index (χ1v) is 10.7. The van der Waals surface area contributed by atoms with Gasteiger partial charge < -0.3 is 15.4 Å². The number of carbonyl (C=O) groups is 1.